The molecule has 1 aliphatic carbocycles. The van der Waals surface area contributed by atoms with Gasteiger partial charge in [-0.2, -0.15) is 0 Å². The monoisotopic (exact) mass is 226 g/mol. The highest BCUT2D eigenvalue weighted by atomic mass is 16.5. The number of carboxylic acids is 1. The molecule has 0 aromatic carbocycles. The predicted octanol–water partition coefficient (Wildman–Crippen LogP) is 3.00. The van der Waals surface area contributed by atoms with Crippen LogP contribution in [-0.4, -0.2) is 23.3 Å². The molecule has 0 radical (unpaired) electrons. The Morgan fingerprint density at radius 1 is 1.50 bits per heavy atom. The Morgan fingerprint density at radius 3 is 2.56 bits per heavy atom. The van der Waals surface area contributed by atoms with Gasteiger partial charge in [0.25, 0.3) is 0 Å². The standard InChI is InChI=1S/C13H22O3/c1-3-5-10-16-13(12(14)15)8-6-11(4-2)7-9-13/h3,5,11H,4,6-10H2,1-2H3,(H,14,15). The number of ether oxygens (including phenoxy) is 1. The molecule has 92 valence electrons. The molecule has 0 amide bonds. The molecule has 1 aliphatic rings. The Morgan fingerprint density at radius 2 is 2.12 bits per heavy atom. The van der Waals surface area contributed by atoms with E-state index in [1.54, 1.807) is 0 Å². The molecule has 1 N–H and O–H groups in total. The van der Waals surface area contributed by atoms with E-state index < -0.39 is 11.6 Å². The van der Waals surface area contributed by atoms with Crippen molar-refractivity contribution in [2.45, 2.75) is 51.6 Å². The third-order valence-corrected chi connectivity index (χ3v) is 3.57. The number of aliphatic carboxylic acids is 1. The zero-order valence-corrected chi connectivity index (χ0v) is 10.2. The summed E-state index contributed by atoms with van der Waals surface area (Å²) in [5.41, 5.74) is -0.925. The molecule has 3 heteroatoms. The van der Waals surface area contributed by atoms with Crippen LogP contribution in [0.15, 0.2) is 12.2 Å². The molecule has 0 heterocycles. The summed E-state index contributed by atoms with van der Waals surface area (Å²) in [6.45, 7) is 4.48. The summed E-state index contributed by atoms with van der Waals surface area (Å²) in [6.07, 6.45) is 8.13. The zero-order chi connectivity index (χ0) is 12.0. The smallest absolute Gasteiger partial charge is 0.335 e. The van der Waals surface area contributed by atoms with Crippen molar-refractivity contribution in [1.82, 2.24) is 0 Å². The van der Waals surface area contributed by atoms with Crippen LogP contribution in [0.2, 0.25) is 0 Å². The number of carbonyl (C=O) groups is 1. The van der Waals surface area contributed by atoms with Gasteiger partial charge in [-0.3, -0.25) is 0 Å². The average Bonchev–Trinajstić information content (AvgIpc) is 2.30. The lowest BCUT2D eigenvalue weighted by Crippen LogP contribution is -2.44. The van der Waals surface area contributed by atoms with Crippen LogP contribution in [0.5, 0.6) is 0 Å². The molecule has 0 spiro atoms. The minimum atomic E-state index is -0.925. The maximum absolute atomic E-state index is 11.3. The zero-order valence-electron chi connectivity index (χ0n) is 10.2. The first kappa shape index (κ1) is 13.2. The molecule has 0 saturated heterocycles. The predicted molar refractivity (Wildman–Crippen MR) is 63.4 cm³/mol. The van der Waals surface area contributed by atoms with Gasteiger partial charge >= 0.3 is 5.97 Å². The lowest BCUT2D eigenvalue weighted by Gasteiger charge is -2.36. The van der Waals surface area contributed by atoms with Crippen molar-refractivity contribution in [3.63, 3.8) is 0 Å². The van der Waals surface area contributed by atoms with Crippen LogP contribution in [0, 0.1) is 5.92 Å². The van der Waals surface area contributed by atoms with E-state index in [1.165, 1.54) is 0 Å². The molecule has 0 aliphatic heterocycles. The van der Waals surface area contributed by atoms with E-state index in [0.717, 1.165) is 19.3 Å². The van der Waals surface area contributed by atoms with E-state index in [9.17, 15) is 9.90 Å². The van der Waals surface area contributed by atoms with E-state index in [1.807, 2.05) is 19.1 Å². The first-order valence-electron chi connectivity index (χ1n) is 6.13. The molecule has 0 atom stereocenters. The summed E-state index contributed by atoms with van der Waals surface area (Å²) in [6, 6.07) is 0. The van der Waals surface area contributed by atoms with E-state index in [0.29, 0.717) is 25.4 Å². The minimum absolute atomic E-state index is 0.402. The number of hydrogen-bond acceptors (Lipinski definition) is 2. The highest BCUT2D eigenvalue weighted by Crippen LogP contribution is 2.36. The summed E-state index contributed by atoms with van der Waals surface area (Å²) in [7, 11) is 0. The molecule has 0 aromatic heterocycles. The molecule has 0 bridgehead atoms. The molecule has 1 rings (SSSR count). The second-order valence-corrected chi connectivity index (χ2v) is 4.53. The molecular weight excluding hydrogens is 204 g/mol. The van der Waals surface area contributed by atoms with Crippen LogP contribution in [0.4, 0.5) is 0 Å². The van der Waals surface area contributed by atoms with E-state index in [4.69, 9.17) is 4.74 Å². The Balaban J connectivity index is 2.57. The SMILES string of the molecule is CC=CCOC1(C(=O)O)CCC(CC)CC1. The topological polar surface area (TPSA) is 46.5 Å². The molecule has 3 nitrogen and oxygen atoms in total. The van der Waals surface area contributed by atoms with Gasteiger partial charge in [0.1, 0.15) is 0 Å². The van der Waals surface area contributed by atoms with Crippen LogP contribution in [0.3, 0.4) is 0 Å². The molecule has 1 fully saturated rings. The largest absolute Gasteiger partial charge is 0.479 e. The van der Waals surface area contributed by atoms with Crippen molar-refractivity contribution in [2.75, 3.05) is 6.61 Å². The Bertz CT molecular complexity index is 250. The Hall–Kier alpha value is -0.830. The minimum Gasteiger partial charge on any atom is -0.479 e. The number of rotatable bonds is 5. The van der Waals surface area contributed by atoms with Crippen molar-refractivity contribution < 1.29 is 14.6 Å². The fraction of sp³-hybridized carbons (Fsp3) is 0.769. The van der Waals surface area contributed by atoms with Crippen molar-refractivity contribution in [3.8, 4) is 0 Å². The quantitative estimate of drug-likeness (QED) is 0.733. The van der Waals surface area contributed by atoms with Gasteiger partial charge < -0.3 is 9.84 Å². The van der Waals surface area contributed by atoms with Gasteiger partial charge in [-0.15, -0.1) is 0 Å². The normalized spacial score (nSPS) is 30.8. The highest BCUT2D eigenvalue weighted by Gasteiger charge is 2.42. The van der Waals surface area contributed by atoms with Gasteiger partial charge in [-0.05, 0) is 38.5 Å². The van der Waals surface area contributed by atoms with E-state index in [2.05, 4.69) is 6.92 Å². The fourth-order valence-corrected chi connectivity index (χ4v) is 2.28. The number of allylic oxidation sites excluding steroid dienone is 1. The van der Waals surface area contributed by atoms with Gasteiger partial charge in [0, 0.05) is 0 Å². The van der Waals surface area contributed by atoms with Crippen LogP contribution < -0.4 is 0 Å². The summed E-state index contributed by atoms with van der Waals surface area (Å²) in [5.74, 6) is -0.121. The van der Waals surface area contributed by atoms with Gasteiger partial charge in [-0.1, -0.05) is 25.5 Å². The molecule has 1 saturated carbocycles. The van der Waals surface area contributed by atoms with Crippen LogP contribution in [0.1, 0.15) is 46.0 Å². The van der Waals surface area contributed by atoms with Crippen molar-refractivity contribution in [2.24, 2.45) is 5.92 Å². The van der Waals surface area contributed by atoms with Crippen molar-refractivity contribution in [1.29, 1.82) is 0 Å². The molecule has 0 unspecified atom stereocenters. The Labute approximate surface area is 97.5 Å². The summed E-state index contributed by atoms with van der Waals surface area (Å²) < 4.78 is 5.58. The summed E-state index contributed by atoms with van der Waals surface area (Å²) in [4.78, 5) is 11.3. The Kier molecular flexibility index (Phi) is 5.00. The first-order chi connectivity index (χ1) is 7.64. The molecular formula is C13H22O3. The van der Waals surface area contributed by atoms with Crippen molar-refractivity contribution >= 4 is 5.97 Å². The van der Waals surface area contributed by atoms with Gasteiger partial charge in [0.05, 0.1) is 6.61 Å². The third kappa shape index (κ3) is 3.08. The highest BCUT2D eigenvalue weighted by molar-refractivity contribution is 5.77. The average molecular weight is 226 g/mol. The molecule has 0 aromatic rings. The first-order valence-corrected chi connectivity index (χ1v) is 6.13. The fourth-order valence-electron chi connectivity index (χ4n) is 2.28. The van der Waals surface area contributed by atoms with Crippen LogP contribution >= 0.6 is 0 Å². The lowest BCUT2D eigenvalue weighted by molar-refractivity contribution is -0.170. The second kappa shape index (κ2) is 6.04. The number of carboxylic acid groups (broad SMARTS) is 1. The van der Waals surface area contributed by atoms with Crippen molar-refractivity contribution in [3.05, 3.63) is 12.2 Å². The third-order valence-electron chi connectivity index (χ3n) is 3.57. The number of hydrogen-bond donors (Lipinski definition) is 1. The molecule has 16 heavy (non-hydrogen) atoms. The maximum atomic E-state index is 11.3. The van der Waals surface area contributed by atoms with E-state index in [-0.39, 0.29) is 0 Å². The van der Waals surface area contributed by atoms with Crippen LogP contribution in [-0.2, 0) is 9.53 Å². The summed E-state index contributed by atoms with van der Waals surface area (Å²) in [5, 5.41) is 9.30. The second-order valence-electron chi connectivity index (χ2n) is 4.53. The van der Waals surface area contributed by atoms with Gasteiger partial charge in [0.2, 0.25) is 0 Å². The maximum Gasteiger partial charge on any atom is 0.335 e. The van der Waals surface area contributed by atoms with E-state index >= 15 is 0 Å². The van der Waals surface area contributed by atoms with Gasteiger partial charge in [-0.25, -0.2) is 4.79 Å². The van der Waals surface area contributed by atoms with Crippen LogP contribution in [0.25, 0.3) is 0 Å². The lowest BCUT2D eigenvalue weighted by atomic mass is 9.77. The summed E-state index contributed by atoms with van der Waals surface area (Å²) >= 11 is 0. The van der Waals surface area contributed by atoms with Gasteiger partial charge in [0.15, 0.2) is 5.60 Å².